The Morgan fingerprint density at radius 1 is 1.27 bits per heavy atom. The summed E-state index contributed by atoms with van der Waals surface area (Å²) in [5.41, 5.74) is 2.63. The Morgan fingerprint density at radius 2 is 2.08 bits per heavy atom. The standard InChI is InChI=1S/C19H30N6O/c1-23(2)18-21-12-15-4-6-19(17(15)22-18)5-3-9-24(14-19)13-16(26)25-10-7-20-8-11-25/h12,20H,3-11,13-14H2,1-2H3. The van der Waals surface area contributed by atoms with Gasteiger partial charge in [0, 0.05) is 58.4 Å². The van der Waals surface area contributed by atoms with Gasteiger partial charge in [-0.3, -0.25) is 9.69 Å². The second-order valence-electron chi connectivity index (χ2n) is 8.16. The number of piperidine rings is 1. The van der Waals surface area contributed by atoms with Gasteiger partial charge in [-0.05, 0) is 37.8 Å². The summed E-state index contributed by atoms with van der Waals surface area (Å²) in [6.45, 7) is 5.99. The molecule has 1 unspecified atom stereocenters. The molecule has 0 radical (unpaired) electrons. The number of likely N-dealkylation sites (tertiary alicyclic amines) is 1. The Hall–Kier alpha value is -1.73. The number of anilines is 1. The molecular formula is C19H30N6O. The molecule has 1 aromatic heterocycles. The van der Waals surface area contributed by atoms with Gasteiger partial charge in [-0.1, -0.05) is 0 Å². The number of hydrogen-bond donors (Lipinski definition) is 1. The molecule has 7 nitrogen and oxygen atoms in total. The highest BCUT2D eigenvalue weighted by Gasteiger charge is 2.44. The molecule has 3 heterocycles. The predicted octanol–water partition coefficient (Wildman–Crippen LogP) is 0.254. The number of carbonyl (C=O) groups is 1. The minimum absolute atomic E-state index is 0.102. The lowest BCUT2D eigenvalue weighted by Crippen LogP contribution is -2.52. The van der Waals surface area contributed by atoms with Crippen molar-refractivity contribution in [2.45, 2.75) is 31.1 Å². The highest BCUT2D eigenvalue weighted by Crippen LogP contribution is 2.44. The maximum Gasteiger partial charge on any atom is 0.236 e. The summed E-state index contributed by atoms with van der Waals surface area (Å²) in [5, 5.41) is 3.31. The minimum Gasteiger partial charge on any atom is -0.347 e. The molecule has 4 rings (SSSR count). The van der Waals surface area contributed by atoms with Crippen LogP contribution in [0.1, 0.15) is 30.5 Å². The smallest absolute Gasteiger partial charge is 0.236 e. The number of hydrogen-bond acceptors (Lipinski definition) is 6. The van der Waals surface area contributed by atoms with Gasteiger partial charge < -0.3 is 15.1 Å². The van der Waals surface area contributed by atoms with E-state index in [2.05, 4.69) is 15.2 Å². The van der Waals surface area contributed by atoms with E-state index >= 15 is 0 Å². The summed E-state index contributed by atoms with van der Waals surface area (Å²) in [6.07, 6.45) is 6.50. The number of nitrogens with one attached hydrogen (secondary N) is 1. The van der Waals surface area contributed by atoms with Gasteiger partial charge in [0.15, 0.2) is 0 Å². The van der Waals surface area contributed by atoms with Crippen LogP contribution < -0.4 is 10.2 Å². The number of rotatable bonds is 3. The fourth-order valence-corrected chi connectivity index (χ4v) is 4.71. The molecule has 1 N–H and O–H groups in total. The maximum atomic E-state index is 12.7. The molecule has 1 atom stereocenters. The molecule has 0 aromatic carbocycles. The third-order valence-electron chi connectivity index (χ3n) is 6.11. The van der Waals surface area contributed by atoms with E-state index in [1.165, 1.54) is 17.7 Å². The van der Waals surface area contributed by atoms with Crippen LogP contribution in [0.4, 0.5) is 5.95 Å². The second-order valence-corrected chi connectivity index (χ2v) is 8.16. The van der Waals surface area contributed by atoms with Crippen LogP contribution in [0.3, 0.4) is 0 Å². The summed E-state index contributed by atoms with van der Waals surface area (Å²) in [5.74, 6) is 1.07. The largest absolute Gasteiger partial charge is 0.347 e. The van der Waals surface area contributed by atoms with Gasteiger partial charge in [0.05, 0.1) is 12.2 Å². The Kier molecular flexibility index (Phi) is 4.84. The van der Waals surface area contributed by atoms with Crippen molar-refractivity contribution in [1.29, 1.82) is 0 Å². The lowest BCUT2D eigenvalue weighted by molar-refractivity contribution is -0.133. The van der Waals surface area contributed by atoms with E-state index < -0.39 is 0 Å². The maximum absolute atomic E-state index is 12.7. The number of fused-ring (bicyclic) bond motifs is 2. The molecule has 0 saturated carbocycles. The zero-order chi connectivity index (χ0) is 18.1. The number of piperazine rings is 1. The van der Waals surface area contributed by atoms with Gasteiger partial charge in [0.2, 0.25) is 11.9 Å². The molecule has 1 aromatic rings. The van der Waals surface area contributed by atoms with Crippen molar-refractivity contribution in [3.63, 3.8) is 0 Å². The first-order valence-electron chi connectivity index (χ1n) is 9.82. The normalized spacial score (nSPS) is 26.2. The van der Waals surface area contributed by atoms with Crippen molar-refractivity contribution < 1.29 is 4.79 Å². The Labute approximate surface area is 155 Å². The Morgan fingerprint density at radius 3 is 2.85 bits per heavy atom. The van der Waals surface area contributed by atoms with E-state index in [9.17, 15) is 4.79 Å². The van der Waals surface area contributed by atoms with Crippen LogP contribution in [-0.4, -0.2) is 85.6 Å². The van der Waals surface area contributed by atoms with Gasteiger partial charge in [-0.2, -0.15) is 0 Å². The van der Waals surface area contributed by atoms with Crippen molar-refractivity contribution in [1.82, 2.24) is 25.1 Å². The van der Waals surface area contributed by atoms with Crippen LogP contribution in [0.15, 0.2) is 6.20 Å². The molecule has 2 saturated heterocycles. The fourth-order valence-electron chi connectivity index (χ4n) is 4.71. The fraction of sp³-hybridized carbons (Fsp3) is 0.737. The molecule has 1 aliphatic carbocycles. The van der Waals surface area contributed by atoms with E-state index in [1.807, 2.05) is 30.1 Å². The summed E-state index contributed by atoms with van der Waals surface area (Å²) >= 11 is 0. The molecular weight excluding hydrogens is 328 g/mol. The minimum atomic E-state index is 0.102. The molecule has 0 bridgehead atoms. The van der Waals surface area contributed by atoms with Crippen LogP contribution >= 0.6 is 0 Å². The molecule has 3 aliphatic rings. The Balaban J connectivity index is 1.49. The first-order chi connectivity index (χ1) is 12.6. The van der Waals surface area contributed by atoms with Crippen molar-refractivity contribution in [3.8, 4) is 0 Å². The van der Waals surface area contributed by atoms with Crippen LogP contribution in [0.2, 0.25) is 0 Å². The highest BCUT2D eigenvalue weighted by atomic mass is 16.2. The molecule has 142 valence electrons. The third kappa shape index (κ3) is 3.30. The van der Waals surface area contributed by atoms with Gasteiger partial charge in [0.1, 0.15) is 0 Å². The monoisotopic (exact) mass is 358 g/mol. The summed E-state index contributed by atoms with van der Waals surface area (Å²) in [7, 11) is 3.98. The average molecular weight is 358 g/mol. The van der Waals surface area contributed by atoms with E-state index in [0.717, 1.165) is 64.5 Å². The van der Waals surface area contributed by atoms with Crippen LogP contribution in [0.5, 0.6) is 0 Å². The molecule has 26 heavy (non-hydrogen) atoms. The van der Waals surface area contributed by atoms with Crippen molar-refractivity contribution in [3.05, 3.63) is 17.5 Å². The first-order valence-corrected chi connectivity index (χ1v) is 9.82. The molecule has 1 spiro atoms. The van der Waals surface area contributed by atoms with Gasteiger partial charge in [-0.25, -0.2) is 9.97 Å². The van der Waals surface area contributed by atoms with Crippen LogP contribution in [-0.2, 0) is 16.6 Å². The summed E-state index contributed by atoms with van der Waals surface area (Å²) in [6, 6.07) is 0. The average Bonchev–Trinajstić information content (AvgIpc) is 3.00. The summed E-state index contributed by atoms with van der Waals surface area (Å²) in [4.78, 5) is 28.4. The number of aromatic nitrogens is 2. The van der Waals surface area contributed by atoms with Crippen LogP contribution in [0, 0.1) is 0 Å². The number of aryl methyl sites for hydroxylation is 1. The van der Waals surface area contributed by atoms with Crippen molar-refractivity contribution in [2.75, 3.05) is 64.8 Å². The van der Waals surface area contributed by atoms with Crippen molar-refractivity contribution >= 4 is 11.9 Å². The topological polar surface area (TPSA) is 64.6 Å². The van der Waals surface area contributed by atoms with Crippen LogP contribution in [0.25, 0.3) is 0 Å². The third-order valence-corrected chi connectivity index (χ3v) is 6.11. The second kappa shape index (κ2) is 7.12. The van der Waals surface area contributed by atoms with Crippen molar-refractivity contribution in [2.24, 2.45) is 0 Å². The van der Waals surface area contributed by atoms with E-state index in [-0.39, 0.29) is 11.3 Å². The zero-order valence-corrected chi connectivity index (χ0v) is 16.0. The molecule has 7 heteroatoms. The molecule has 2 aliphatic heterocycles. The van der Waals surface area contributed by atoms with Gasteiger partial charge >= 0.3 is 0 Å². The van der Waals surface area contributed by atoms with Gasteiger partial charge in [-0.15, -0.1) is 0 Å². The SMILES string of the molecule is CN(C)c1ncc2c(n1)C1(CCCN(CC(=O)N3CCNCC3)C1)CC2. The zero-order valence-electron chi connectivity index (χ0n) is 16.0. The lowest BCUT2D eigenvalue weighted by atomic mass is 9.77. The lowest BCUT2D eigenvalue weighted by Gasteiger charge is -2.41. The number of nitrogens with zero attached hydrogens (tertiary/aromatic N) is 5. The number of amides is 1. The first kappa shape index (κ1) is 17.7. The van der Waals surface area contributed by atoms with Gasteiger partial charge in [0.25, 0.3) is 0 Å². The molecule has 1 amide bonds. The summed E-state index contributed by atoms with van der Waals surface area (Å²) < 4.78 is 0. The number of carbonyl (C=O) groups excluding carboxylic acids is 1. The quantitative estimate of drug-likeness (QED) is 0.836. The van der Waals surface area contributed by atoms with E-state index in [0.29, 0.717) is 6.54 Å². The predicted molar refractivity (Wildman–Crippen MR) is 101 cm³/mol. The molecule has 2 fully saturated rings. The van der Waals surface area contributed by atoms with E-state index in [1.54, 1.807) is 0 Å². The Bertz CT molecular complexity index is 668. The van der Waals surface area contributed by atoms with E-state index in [4.69, 9.17) is 4.98 Å². The highest BCUT2D eigenvalue weighted by molar-refractivity contribution is 5.78.